The molecular formula is C12H14ClN3O2S. The molecule has 0 saturated carbocycles. The normalized spacial score (nSPS) is 19.0. The Hall–Kier alpha value is -1.37. The number of rotatable bonds is 2. The highest BCUT2D eigenvalue weighted by Gasteiger charge is 2.26. The molecule has 19 heavy (non-hydrogen) atoms. The second kappa shape index (κ2) is 6.18. The molecule has 3 N–H and O–H groups in total. The quantitative estimate of drug-likeness (QED) is 0.818. The molecule has 1 aliphatic rings. The van der Waals surface area contributed by atoms with E-state index in [-0.39, 0.29) is 17.1 Å². The van der Waals surface area contributed by atoms with Crippen LogP contribution in [0.4, 0.5) is 10.5 Å². The van der Waals surface area contributed by atoms with Crippen molar-refractivity contribution >= 4 is 40.5 Å². The molecule has 1 heterocycles. The number of carbonyl (C=O) groups excluding carboxylic acids is 1. The highest BCUT2D eigenvalue weighted by atomic mass is 35.5. The minimum atomic E-state index is -0.388. The molecule has 0 spiro atoms. The van der Waals surface area contributed by atoms with Crippen LogP contribution in [0.25, 0.3) is 0 Å². The van der Waals surface area contributed by atoms with Gasteiger partial charge in [0.1, 0.15) is 11.1 Å². The third-order valence-electron chi connectivity index (χ3n) is 2.79. The molecule has 1 saturated heterocycles. The first kappa shape index (κ1) is 14.0. The van der Waals surface area contributed by atoms with E-state index < -0.39 is 0 Å². The number of nitrogens with zero attached hydrogens (tertiary/aromatic N) is 1. The van der Waals surface area contributed by atoms with Gasteiger partial charge in [-0.2, -0.15) is 0 Å². The zero-order valence-electron chi connectivity index (χ0n) is 10.1. The molecule has 0 bridgehead atoms. The molecule has 0 aromatic heterocycles. The Morgan fingerprint density at radius 2 is 2.26 bits per heavy atom. The molecule has 1 fully saturated rings. The number of hydrogen-bond donors (Lipinski definition) is 2. The number of ether oxygens (including phenoxy) is 1. The van der Waals surface area contributed by atoms with Gasteiger partial charge in [0.25, 0.3) is 0 Å². The lowest BCUT2D eigenvalue weighted by Crippen LogP contribution is -2.51. The number of amides is 2. The summed E-state index contributed by atoms with van der Waals surface area (Å²) in [5, 5.41) is 3.25. The highest BCUT2D eigenvalue weighted by Crippen LogP contribution is 2.21. The summed E-state index contributed by atoms with van der Waals surface area (Å²) in [6, 6.07) is 6.83. The third-order valence-corrected chi connectivity index (χ3v) is 3.38. The summed E-state index contributed by atoms with van der Waals surface area (Å²) in [6.07, 6.45) is -0.388. The van der Waals surface area contributed by atoms with E-state index in [4.69, 9.17) is 34.3 Å². The van der Waals surface area contributed by atoms with Crippen molar-refractivity contribution in [3.05, 3.63) is 29.3 Å². The molecule has 2 rings (SSSR count). The molecule has 5 nitrogen and oxygen atoms in total. The highest BCUT2D eigenvalue weighted by molar-refractivity contribution is 7.80. The van der Waals surface area contributed by atoms with E-state index in [1.807, 2.05) is 0 Å². The predicted molar refractivity (Wildman–Crippen MR) is 78.6 cm³/mol. The fourth-order valence-electron chi connectivity index (χ4n) is 1.76. The lowest BCUT2D eigenvalue weighted by molar-refractivity contribution is 0.0251. The van der Waals surface area contributed by atoms with Gasteiger partial charge in [0.2, 0.25) is 0 Å². The van der Waals surface area contributed by atoms with Gasteiger partial charge in [-0.15, -0.1) is 0 Å². The second-order valence-electron chi connectivity index (χ2n) is 4.12. The Bertz CT molecular complexity index is 498. The maximum Gasteiger partial charge on any atom is 0.322 e. The van der Waals surface area contributed by atoms with Crippen LogP contribution >= 0.6 is 23.8 Å². The van der Waals surface area contributed by atoms with E-state index in [1.165, 1.54) is 0 Å². The second-order valence-corrected chi connectivity index (χ2v) is 5.00. The van der Waals surface area contributed by atoms with Gasteiger partial charge < -0.3 is 20.7 Å². The van der Waals surface area contributed by atoms with Gasteiger partial charge in [0.05, 0.1) is 23.9 Å². The van der Waals surface area contributed by atoms with Crippen LogP contribution < -0.4 is 11.1 Å². The number of thiocarbonyl (C=S) groups is 1. The Kier molecular flexibility index (Phi) is 4.57. The standard InChI is InChI=1S/C12H14ClN3O2S/c13-8-3-1-2-4-9(8)15-12(17)16-5-6-18-10(7-16)11(14)19/h1-4,10H,5-7H2,(H2,14,19)(H,15,17). The maximum atomic E-state index is 12.1. The molecule has 1 aromatic rings. The summed E-state index contributed by atoms with van der Waals surface area (Å²) in [4.78, 5) is 14.0. The van der Waals surface area contributed by atoms with E-state index >= 15 is 0 Å². The summed E-state index contributed by atoms with van der Waals surface area (Å²) in [5.74, 6) is 0. The molecule has 0 aliphatic carbocycles. The minimum Gasteiger partial charge on any atom is -0.391 e. The molecule has 1 atom stereocenters. The van der Waals surface area contributed by atoms with Crippen molar-refractivity contribution in [3.8, 4) is 0 Å². The van der Waals surface area contributed by atoms with Crippen molar-refractivity contribution < 1.29 is 9.53 Å². The van der Waals surface area contributed by atoms with Gasteiger partial charge in [-0.05, 0) is 12.1 Å². The zero-order valence-corrected chi connectivity index (χ0v) is 11.7. The summed E-state index contributed by atoms with van der Waals surface area (Å²) >= 11 is 10.9. The van der Waals surface area contributed by atoms with Crippen LogP contribution in [0.3, 0.4) is 0 Å². The minimum absolute atomic E-state index is 0.238. The van der Waals surface area contributed by atoms with E-state index in [0.717, 1.165) is 0 Å². The zero-order chi connectivity index (χ0) is 13.8. The molecule has 1 aliphatic heterocycles. The monoisotopic (exact) mass is 299 g/mol. The number of urea groups is 1. The molecule has 1 aromatic carbocycles. The maximum absolute atomic E-state index is 12.1. The van der Waals surface area contributed by atoms with Crippen molar-refractivity contribution in [2.24, 2.45) is 5.73 Å². The third kappa shape index (κ3) is 3.56. The van der Waals surface area contributed by atoms with E-state index in [1.54, 1.807) is 29.2 Å². The number of nitrogens with one attached hydrogen (secondary N) is 1. The van der Waals surface area contributed by atoms with Crippen molar-refractivity contribution in [2.75, 3.05) is 25.0 Å². The molecule has 102 valence electrons. The van der Waals surface area contributed by atoms with Gasteiger partial charge in [-0.3, -0.25) is 0 Å². The molecule has 0 radical (unpaired) electrons. The van der Waals surface area contributed by atoms with Crippen molar-refractivity contribution in [1.82, 2.24) is 4.90 Å². The molecule has 1 unspecified atom stereocenters. The van der Waals surface area contributed by atoms with Gasteiger partial charge in [-0.1, -0.05) is 36.0 Å². The van der Waals surface area contributed by atoms with E-state index in [0.29, 0.717) is 30.4 Å². The van der Waals surface area contributed by atoms with Crippen LogP contribution in [0.2, 0.25) is 5.02 Å². The number of halogens is 1. The Balaban J connectivity index is 2.00. The van der Waals surface area contributed by atoms with Gasteiger partial charge in [0.15, 0.2) is 0 Å². The number of nitrogens with two attached hydrogens (primary N) is 1. The summed E-state index contributed by atoms with van der Waals surface area (Å²) in [6.45, 7) is 1.26. The van der Waals surface area contributed by atoms with Crippen LogP contribution in [-0.2, 0) is 4.74 Å². The Morgan fingerprint density at radius 3 is 2.95 bits per heavy atom. The van der Waals surface area contributed by atoms with Gasteiger partial charge >= 0.3 is 6.03 Å². The van der Waals surface area contributed by atoms with Crippen molar-refractivity contribution in [2.45, 2.75) is 6.10 Å². The van der Waals surface area contributed by atoms with E-state index in [9.17, 15) is 4.79 Å². The predicted octanol–water partition coefficient (Wildman–Crippen LogP) is 1.86. The van der Waals surface area contributed by atoms with Crippen LogP contribution in [0.15, 0.2) is 24.3 Å². The van der Waals surface area contributed by atoms with Crippen LogP contribution in [-0.4, -0.2) is 41.7 Å². The number of anilines is 1. The Labute approximate surface area is 121 Å². The lowest BCUT2D eigenvalue weighted by atomic mass is 10.3. The van der Waals surface area contributed by atoms with Crippen molar-refractivity contribution in [3.63, 3.8) is 0 Å². The SMILES string of the molecule is NC(=S)C1CN(C(=O)Nc2ccccc2Cl)CCO1. The number of para-hydroxylation sites is 1. The summed E-state index contributed by atoms with van der Waals surface area (Å²) < 4.78 is 5.38. The van der Waals surface area contributed by atoms with Gasteiger partial charge in [-0.25, -0.2) is 4.79 Å². The average molecular weight is 300 g/mol. The number of carbonyl (C=O) groups is 1. The van der Waals surface area contributed by atoms with E-state index in [2.05, 4.69) is 5.32 Å². The number of benzene rings is 1. The summed E-state index contributed by atoms with van der Waals surface area (Å²) in [5.41, 5.74) is 6.11. The topological polar surface area (TPSA) is 67.6 Å². The number of hydrogen-bond acceptors (Lipinski definition) is 3. The average Bonchev–Trinajstić information content (AvgIpc) is 2.41. The molecule has 7 heteroatoms. The molecule has 2 amide bonds. The largest absolute Gasteiger partial charge is 0.391 e. The molecular weight excluding hydrogens is 286 g/mol. The van der Waals surface area contributed by atoms with Crippen LogP contribution in [0.1, 0.15) is 0 Å². The number of morpholine rings is 1. The van der Waals surface area contributed by atoms with Gasteiger partial charge in [0, 0.05) is 6.54 Å². The van der Waals surface area contributed by atoms with Crippen LogP contribution in [0.5, 0.6) is 0 Å². The first-order valence-electron chi connectivity index (χ1n) is 5.79. The van der Waals surface area contributed by atoms with Crippen LogP contribution in [0, 0.1) is 0 Å². The lowest BCUT2D eigenvalue weighted by Gasteiger charge is -2.32. The van der Waals surface area contributed by atoms with Crippen molar-refractivity contribution in [1.29, 1.82) is 0 Å². The fraction of sp³-hybridized carbons (Fsp3) is 0.333. The summed E-state index contributed by atoms with van der Waals surface area (Å²) in [7, 11) is 0. The first-order chi connectivity index (χ1) is 9.08. The fourth-order valence-corrected chi connectivity index (χ4v) is 2.09. The first-order valence-corrected chi connectivity index (χ1v) is 6.58. The Morgan fingerprint density at radius 1 is 1.53 bits per heavy atom. The smallest absolute Gasteiger partial charge is 0.322 e.